The van der Waals surface area contributed by atoms with E-state index in [0.717, 1.165) is 5.56 Å². The predicted molar refractivity (Wildman–Crippen MR) is 94.6 cm³/mol. The predicted octanol–water partition coefficient (Wildman–Crippen LogP) is 3.55. The zero-order chi connectivity index (χ0) is 17.9. The average Bonchev–Trinajstić information content (AvgIpc) is 2.53. The van der Waals surface area contributed by atoms with Crippen molar-refractivity contribution < 1.29 is 15.0 Å². The highest BCUT2D eigenvalue weighted by Crippen LogP contribution is 2.23. The van der Waals surface area contributed by atoms with Crippen LogP contribution in [0.1, 0.15) is 49.2 Å². The summed E-state index contributed by atoms with van der Waals surface area (Å²) in [6.07, 6.45) is 0. The van der Waals surface area contributed by atoms with Crippen LogP contribution in [0.15, 0.2) is 47.6 Å². The lowest BCUT2D eigenvalue weighted by Crippen LogP contribution is -2.20. The molecule has 2 rings (SSSR count). The Labute approximate surface area is 141 Å². The molecule has 1 amide bonds. The molecule has 0 unspecified atom stereocenters. The number of amides is 1. The van der Waals surface area contributed by atoms with E-state index in [9.17, 15) is 15.0 Å². The summed E-state index contributed by atoms with van der Waals surface area (Å²) >= 11 is 0. The second kappa shape index (κ2) is 6.74. The fraction of sp³-hybridized carbons (Fsp3) is 0.263. The van der Waals surface area contributed by atoms with Gasteiger partial charge < -0.3 is 10.2 Å². The Bertz CT molecular complexity index is 772. The molecule has 0 radical (unpaired) electrons. The monoisotopic (exact) mass is 326 g/mol. The number of rotatable bonds is 3. The van der Waals surface area contributed by atoms with E-state index in [4.69, 9.17) is 0 Å². The second-order valence-corrected chi connectivity index (χ2v) is 6.67. The Morgan fingerprint density at radius 2 is 1.67 bits per heavy atom. The molecule has 24 heavy (non-hydrogen) atoms. The molecule has 0 bridgehead atoms. The highest BCUT2D eigenvalue weighted by atomic mass is 16.3. The Hall–Kier alpha value is -2.82. The number of benzene rings is 2. The fourth-order valence-corrected chi connectivity index (χ4v) is 2.19. The number of phenols is 2. The maximum absolute atomic E-state index is 12.2. The SMILES string of the molecule is C/C(=N/NC(=O)c1ccc(C(C)(C)C)cc1)c1cc(O)ccc1O. The molecule has 0 fully saturated rings. The molecular formula is C19H22N2O3. The molecule has 5 nitrogen and oxygen atoms in total. The first-order valence-electron chi connectivity index (χ1n) is 7.66. The van der Waals surface area contributed by atoms with Gasteiger partial charge in [0.25, 0.3) is 5.91 Å². The van der Waals surface area contributed by atoms with E-state index in [1.54, 1.807) is 19.1 Å². The third-order valence-corrected chi connectivity index (χ3v) is 3.71. The molecule has 0 aromatic heterocycles. The summed E-state index contributed by atoms with van der Waals surface area (Å²) in [4.78, 5) is 12.2. The summed E-state index contributed by atoms with van der Waals surface area (Å²) in [5.74, 6) is -0.339. The number of nitrogens with one attached hydrogen (secondary N) is 1. The van der Waals surface area contributed by atoms with Crippen molar-refractivity contribution in [3.8, 4) is 11.5 Å². The third kappa shape index (κ3) is 4.13. The van der Waals surface area contributed by atoms with Gasteiger partial charge in [0.15, 0.2) is 0 Å². The fourth-order valence-electron chi connectivity index (χ4n) is 2.19. The normalized spacial score (nSPS) is 12.1. The molecule has 5 heteroatoms. The number of aromatic hydroxyl groups is 2. The molecular weight excluding hydrogens is 304 g/mol. The molecule has 0 saturated heterocycles. The second-order valence-electron chi connectivity index (χ2n) is 6.67. The van der Waals surface area contributed by atoms with Gasteiger partial charge in [-0.05, 0) is 48.2 Å². The summed E-state index contributed by atoms with van der Waals surface area (Å²) in [5.41, 5.74) is 4.88. The van der Waals surface area contributed by atoms with Crippen LogP contribution >= 0.6 is 0 Å². The number of nitrogens with zero attached hydrogens (tertiary/aromatic N) is 1. The molecule has 126 valence electrons. The number of hydrogen-bond acceptors (Lipinski definition) is 4. The number of hydrogen-bond donors (Lipinski definition) is 3. The van der Waals surface area contributed by atoms with Crippen LogP contribution in [-0.2, 0) is 5.41 Å². The molecule has 0 atom stereocenters. The topological polar surface area (TPSA) is 81.9 Å². The van der Waals surface area contributed by atoms with Crippen LogP contribution in [0.4, 0.5) is 0 Å². The first-order chi connectivity index (χ1) is 11.2. The van der Waals surface area contributed by atoms with Crippen LogP contribution in [0.3, 0.4) is 0 Å². The molecule has 0 heterocycles. The lowest BCUT2D eigenvalue weighted by molar-refractivity contribution is 0.0954. The summed E-state index contributed by atoms with van der Waals surface area (Å²) in [6, 6.07) is 11.5. The molecule has 0 aliphatic carbocycles. The summed E-state index contributed by atoms with van der Waals surface area (Å²) in [6.45, 7) is 7.96. The van der Waals surface area contributed by atoms with E-state index >= 15 is 0 Å². The number of carbonyl (C=O) groups excluding carboxylic acids is 1. The largest absolute Gasteiger partial charge is 0.508 e. The van der Waals surface area contributed by atoms with Gasteiger partial charge in [0.1, 0.15) is 11.5 Å². The van der Waals surface area contributed by atoms with Crippen LogP contribution in [-0.4, -0.2) is 21.8 Å². The van der Waals surface area contributed by atoms with Gasteiger partial charge >= 0.3 is 0 Å². The summed E-state index contributed by atoms with van der Waals surface area (Å²) in [5, 5.41) is 23.3. The number of carbonyl (C=O) groups is 1. The van der Waals surface area contributed by atoms with E-state index in [1.807, 2.05) is 12.1 Å². The van der Waals surface area contributed by atoms with E-state index in [2.05, 4.69) is 31.3 Å². The van der Waals surface area contributed by atoms with Crippen molar-refractivity contribution in [1.82, 2.24) is 5.43 Å². The summed E-state index contributed by atoms with van der Waals surface area (Å²) in [7, 11) is 0. The van der Waals surface area contributed by atoms with E-state index < -0.39 is 0 Å². The molecule has 0 saturated carbocycles. The highest BCUT2D eigenvalue weighted by molar-refractivity contribution is 6.02. The van der Waals surface area contributed by atoms with Crippen molar-refractivity contribution in [2.45, 2.75) is 33.1 Å². The molecule has 0 spiro atoms. The van der Waals surface area contributed by atoms with Gasteiger partial charge in [-0.3, -0.25) is 4.79 Å². The van der Waals surface area contributed by atoms with Crippen molar-refractivity contribution in [2.75, 3.05) is 0 Å². The maximum atomic E-state index is 12.2. The van der Waals surface area contributed by atoms with Gasteiger partial charge in [-0.15, -0.1) is 0 Å². The minimum Gasteiger partial charge on any atom is -0.508 e. The molecule has 2 aromatic rings. The molecule has 2 aromatic carbocycles. The van der Waals surface area contributed by atoms with Crippen molar-refractivity contribution in [1.29, 1.82) is 0 Å². The van der Waals surface area contributed by atoms with Gasteiger partial charge in [-0.25, -0.2) is 5.43 Å². The van der Waals surface area contributed by atoms with Crippen LogP contribution in [0.2, 0.25) is 0 Å². The molecule has 0 aliphatic rings. The van der Waals surface area contributed by atoms with Crippen LogP contribution in [0, 0.1) is 0 Å². The van der Waals surface area contributed by atoms with E-state index in [-0.39, 0.29) is 22.8 Å². The van der Waals surface area contributed by atoms with E-state index in [1.165, 1.54) is 18.2 Å². The van der Waals surface area contributed by atoms with Crippen molar-refractivity contribution in [3.63, 3.8) is 0 Å². The van der Waals surface area contributed by atoms with Crippen LogP contribution in [0.5, 0.6) is 11.5 Å². The zero-order valence-electron chi connectivity index (χ0n) is 14.3. The van der Waals surface area contributed by atoms with Crippen molar-refractivity contribution >= 4 is 11.6 Å². The third-order valence-electron chi connectivity index (χ3n) is 3.71. The average molecular weight is 326 g/mol. The van der Waals surface area contributed by atoms with Gasteiger partial charge in [0.05, 0.1) is 5.71 Å². The lowest BCUT2D eigenvalue weighted by Gasteiger charge is -2.18. The Balaban J connectivity index is 2.13. The Morgan fingerprint density at radius 1 is 1.04 bits per heavy atom. The summed E-state index contributed by atoms with van der Waals surface area (Å²) < 4.78 is 0. The smallest absolute Gasteiger partial charge is 0.271 e. The van der Waals surface area contributed by atoms with Crippen LogP contribution < -0.4 is 5.43 Å². The first kappa shape index (κ1) is 17.5. The van der Waals surface area contributed by atoms with Crippen molar-refractivity contribution in [2.24, 2.45) is 5.10 Å². The van der Waals surface area contributed by atoms with Gasteiger partial charge in [0.2, 0.25) is 0 Å². The number of hydrazone groups is 1. The van der Waals surface area contributed by atoms with Gasteiger partial charge in [-0.2, -0.15) is 5.10 Å². The van der Waals surface area contributed by atoms with Crippen LogP contribution in [0.25, 0.3) is 0 Å². The zero-order valence-corrected chi connectivity index (χ0v) is 14.3. The highest BCUT2D eigenvalue weighted by Gasteiger charge is 2.14. The van der Waals surface area contributed by atoms with Gasteiger partial charge in [-0.1, -0.05) is 32.9 Å². The Morgan fingerprint density at radius 3 is 2.25 bits per heavy atom. The Kier molecular flexibility index (Phi) is 4.93. The molecule has 0 aliphatic heterocycles. The standard InChI is InChI=1S/C19H22N2O3/c1-12(16-11-15(22)9-10-17(16)23)20-21-18(24)13-5-7-14(8-6-13)19(2,3)4/h5-11,22-23H,1-4H3,(H,21,24)/b20-12-. The molecule has 3 N–H and O–H groups in total. The van der Waals surface area contributed by atoms with Crippen molar-refractivity contribution in [3.05, 3.63) is 59.2 Å². The van der Waals surface area contributed by atoms with E-state index in [0.29, 0.717) is 16.8 Å². The quantitative estimate of drug-likeness (QED) is 0.458. The first-order valence-corrected chi connectivity index (χ1v) is 7.66. The maximum Gasteiger partial charge on any atom is 0.271 e. The number of phenolic OH excluding ortho intramolecular Hbond substituents is 2. The minimum absolute atomic E-state index is 0.0152. The van der Waals surface area contributed by atoms with Gasteiger partial charge in [0, 0.05) is 11.1 Å². The minimum atomic E-state index is -0.338. The lowest BCUT2D eigenvalue weighted by atomic mass is 9.87.